The third-order valence-corrected chi connectivity index (χ3v) is 13.5. The zero-order valence-corrected chi connectivity index (χ0v) is 24.4. The molecular formula is C31H38O9. The van der Waals surface area contributed by atoms with E-state index in [-0.39, 0.29) is 23.0 Å². The summed E-state index contributed by atoms with van der Waals surface area (Å²) in [7, 11) is 1.26. The van der Waals surface area contributed by atoms with E-state index in [1.165, 1.54) is 7.11 Å². The van der Waals surface area contributed by atoms with E-state index in [0.29, 0.717) is 0 Å². The monoisotopic (exact) mass is 554 g/mol. The molecule has 40 heavy (non-hydrogen) atoms. The average Bonchev–Trinajstić information content (AvgIpc) is 3.62. The first-order valence-electron chi connectivity index (χ1n) is 14.3. The Morgan fingerprint density at radius 3 is 1.52 bits per heavy atom. The van der Waals surface area contributed by atoms with E-state index >= 15 is 0 Å². The Balaban J connectivity index is 1.48. The van der Waals surface area contributed by atoms with Gasteiger partial charge in [-0.3, -0.25) is 19.2 Å². The number of carbonyl (C=O) groups is 4. The van der Waals surface area contributed by atoms with Crippen molar-refractivity contribution >= 4 is 23.1 Å². The van der Waals surface area contributed by atoms with E-state index < -0.39 is 103 Å². The SMILES string of the molecule is CO[C@]12O[C@]3(O)C(=O)C4=C(O)C(=O)[C@H]5[C@H](C5(C)C)[C@]4(C)[C@@H](C)[C@@H]3[C@H]1[C@H](C)[C@]1(C)C(=C(O)C(=O)[C@H]3[C@@H]1C3(C)C)C2=O. The van der Waals surface area contributed by atoms with E-state index in [0.717, 1.165) is 0 Å². The number of fused-ring (bicyclic) bond motifs is 9. The molecule has 1 saturated heterocycles. The summed E-state index contributed by atoms with van der Waals surface area (Å²) in [5.41, 5.74) is -3.07. The molecule has 0 bridgehead atoms. The molecule has 5 fully saturated rings. The molecule has 9 heteroatoms. The number of aliphatic hydroxyl groups excluding tert-OH is 2. The van der Waals surface area contributed by atoms with Gasteiger partial charge in [-0.15, -0.1) is 0 Å². The summed E-state index contributed by atoms with van der Waals surface area (Å²) in [6.45, 7) is 15.4. The highest BCUT2D eigenvalue weighted by molar-refractivity contribution is 6.16. The Labute approximate surface area is 233 Å². The summed E-state index contributed by atoms with van der Waals surface area (Å²) >= 11 is 0. The third-order valence-electron chi connectivity index (χ3n) is 13.5. The highest BCUT2D eigenvalue weighted by Crippen LogP contribution is 2.80. The molecular weight excluding hydrogens is 516 g/mol. The van der Waals surface area contributed by atoms with Crippen molar-refractivity contribution in [3.63, 3.8) is 0 Å². The summed E-state index contributed by atoms with van der Waals surface area (Å²) in [6.07, 6.45) is 0. The lowest BCUT2D eigenvalue weighted by Gasteiger charge is -2.56. The van der Waals surface area contributed by atoms with Crippen LogP contribution < -0.4 is 0 Å². The first-order chi connectivity index (χ1) is 18.3. The second-order valence-electron chi connectivity index (χ2n) is 15.3. The predicted molar refractivity (Wildman–Crippen MR) is 138 cm³/mol. The van der Waals surface area contributed by atoms with Gasteiger partial charge in [-0.25, -0.2) is 0 Å². The van der Waals surface area contributed by atoms with Crippen LogP contribution in [0.1, 0.15) is 55.4 Å². The van der Waals surface area contributed by atoms with Crippen LogP contribution in [-0.4, -0.2) is 57.1 Å². The number of ether oxygens (including phenoxy) is 2. The second-order valence-corrected chi connectivity index (χ2v) is 15.3. The zero-order valence-electron chi connectivity index (χ0n) is 24.4. The number of carbonyl (C=O) groups excluding carboxylic acids is 4. The molecule has 6 aliphatic carbocycles. The first kappa shape index (κ1) is 26.5. The minimum Gasteiger partial charge on any atom is -0.504 e. The van der Waals surface area contributed by atoms with E-state index in [2.05, 4.69) is 0 Å². The van der Waals surface area contributed by atoms with Crippen LogP contribution in [0.5, 0.6) is 0 Å². The summed E-state index contributed by atoms with van der Waals surface area (Å²) in [4.78, 5) is 55.2. The molecule has 7 rings (SSSR count). The number of allylic oxidation sites excluding steroid dienone is 2. The molecule has 1 aliphatic heterocycles. The maximum absolute atomic E-state index is 14.5. The topological polar surface area (TPSA) is 147 Å². The minimum atomic E-state index is -2.57. The normalized spacial score (nSPS) is 54.8. The highest BCUT2D eigenvalue weighted by Gasteiger charge is 2.86. The van der Waals surface area contributed by atoms with Crippen molar-refractivity contribution in [3.8, 4) is 0 Å². The Morgan fingerprint density at radius 2 is 1.10 bits per heavy atom. The predicted octanol–water partition coefficient (Wildman–Crippen LogP) is 3.06. The van der Waals surface area contributed by atoms with E-state index in [4.69, 9.17) is 9.47 Å². The molecule has 0 aromatic carbocycles. The first-order valence-corrected chi connectivity index (χ1v) is 14.3. The van der Waals surface area contributed by atoms with Crippen molar-refractivity contribution in [2.75, 3.05) is 7.11 Å². The Hall–Kier alpha value is -2.36. The lowest BCUT2D eigenvalue weighted by molar-refractivity contribution is -0.291. The van der Waals surface area contributed by atoms with Crippen LogP contribution in [-0.2, 0) is 28.7 Å². The van der Waals surface area contributed by atoms with Crippen LogP contribution >= 0.6 is 0 Å². The zero-order chi connectivity index (χ0) is 29.7. The van der Waals surface area contributed by atoms with Gasteiger partial charge >= 0.3 is 0 Å². The molecule has 7 aliphatic rings. The Morgan fingerprint density at radius 1 is 0.700 bits per heavy atom. The second kappa shape index (κ2) is 6.65. The van der Waals surface area contributed by atoms with E-state index in [9.17, 15) is 34.5 Å². The van der Waals surface area contributed by atoms with Crippen molar-refractivity contribution in [2.45, 2.75) is 67.0 Å². The number of hydrogen-bond acceptors (Lipinski definition) is 9. The lowest BCUT2D eigenvalue weighted by Crippen LogP contribution is -2.63. The fourth-order valence-corrected chi connectivity index (χ4v) is 11.5. The molecule has 0 unspecified atom stereocenters. The third kappa shape index (κ3) is 2.22. The fraction of sp³-hybridized carbons (Fsp3) is 0.742. The number of Topliss-reactive ketones (excluding diaryl/α,β-unsaturated/α-hetero) is 4. The highest BCUT2D eigenvalue weighted by atomic mass is 16.8. The number of methoxy groups -OCH3 is 1. The van der Waals surface area contributed by atoms with Crippen LogP contribution in [0.15, 0.2) is 22.7 Å². The summed E-state index contributed by atoms with van der Waals surface area (Å²) in [5, 5.41) is 34.5. The summed E-state index contributed by atoms with van der Waals surface area (Å²) < 4.78 is 12.0. The fourth-order valence-electron chi connectivity index (χ4n) is 11.5. The van der Waals surface area contributed by atoms with E-state index in [1.807, 2.05) is 55.4 Å². The number of hydrogen-bond donors (Lipinski definition) is 3. The van der Waals surface area contributed by atoms with Gasteiger partial charge in [0.05, 0.1) is 11.1 Å². The average molecular weight is 555 g/mol. The van der Waals surface area contributed by atoms with Gasteiger partial charge in [0.1, 0.15) is 0 Å². The van der Waals surface area contributed by atoms with Crippen molar-refractivity contribution in [2.24, 2.45) is 69.0 Å². The number of rotatable bonds is 1. The van der Waals surface area contributed by atoms with Gasteiger partial charge in [0, 0.05) is 41.6 Å². The van der Waals surface area contributed by atoms with Gasteiger partial charge in [0.25, 0.3) is 0 Å². The van der Waals surface area contributed by atoms with Crippen LogP contribution in [0.4, 0.5) is 0 Å². The van der Waals surface area contributed by atoms with Gasteiger partial charge in [0.15, 0.2) is 11.5 Å². The van der Waals surface area contributed by atoms with Gasteiger partial charge in [-0.2, -0.15) is 0 Å². The number of aliphatic hydroxyl groups is 3. The van der Waals surface area contributed by atoms with Crippen LogP contribution in [0, 0.1) is 69.0 Å². The van der Waals surface area contributed by atoms with Crippen LogP contribution in [0.2, 0.25) is 0 Å². The van der Waals surface area contributed by atoms with Gasteiger partial charge in [-0.05, 0) is 34.5 Å². The maximum Gasteiger partial charge on any atom is 0.239 e. The molecule has 0 aromatic rings. The van der Waals surface area contributed by atoms with Crippen molar-refractivity contribution in [3.05, 3.63) is 22.7 Å². The maximum atomic E-state index is 14.5. The standard InChI is InChI=1S/C31H38O9/c1-10-12-13-11(2)29(8)17(21(35)19(33)15-23(29)27(15,5)6)25(37)31(13,39-9)40-30(12,38)24(36)16-20(34)18(32)14-22(26(14,3)4)28(10,16)7/h10-15,22-23,34-35,38H,1-9H3/t10-,11-,12+,13+,14-,15-,22+,23+,28+,29+,30-,31-/m0/s1. The molecule has 1 heterocycles. The summed E-state index contributed by atoms with van der Waals surface area (Å²) in [5.74, 6) is -12.7. The molecule has 9 nitrogen and oxygen atoms in total. The van der Waals surface area contributed by atoms with Gasteiger partial charge < -0.3 is 24.8 Å². The Kier molecular flexibility index (Phi) is 4.41. The van der Waals surface area contributed by atoms with Gasteiger partial charge in [-0.1, -0.05) is 55.4 Å². The molecule has 3 N–H and O–H groups in total. The van der Waals surface area contributed by atoms with E-state index in [1.54, 1.807) is 0 Å². The van der Waals surface area contributed by atoms with Crippen molar-refractivity contribution in [1.82, 2.24) is 0 Å². The smallest absolute Gasteiger partial charge is 0.239 e. The van der Waals surface area contributed by atoms with Crippen molar-refractivity contribution < 1.29 is 44.0 Å². The summed E-state index contributed by atoms with van der Waals surface area (Å²) in [6, 6.07) is 0. The molecule has 12 atom stereocenters. The molecule has 0 radical (unpaired) electrons. The molecule has 0 amide bonds. The number of ketones is 4. The largest absolute Gasteiger partial charge is 0.504 e. The molecule has 4 saturated carbocycles. The Bertz CT molecular complexity index is 1450. The quantitative estimate of drug-likeness (QED) is 0.445. The molecule has 0 spiro atoms. The molecule has 0 aromatic heterocycles. The van der Waals surface area contributed by atoms with Crippen LogP contribution in [0.3, 0.4) is 0 Å². The van der Waals surface area contributed by atoms with Crippen molar-refractivity contribution in [1.29, 1.82) is 0 Å². The van der Waals surface area contributed by atoms with Crippen LogP contribution in [0.25, 0.3) is 0 Å². The molecule has 216 valence electrons. The lowest BCUT2D eigenvalue weighted by atomic mass is 9.46. The van der Waals surface area contributed by atoms with Gasteiger partial charge in [0.2, 0.25) is 34.7 Å². The minimum absolute atomic E-state index is 0.0680.